The average molecular weight is 236 g/mol. The molecule has 0 heterocycles. The third kappa shape index (κ3) is 31.3. The van der Waals surface area contributed by atoms with Crippen LogP contribution in [0.3, 0.4) is 0 Å². The minimum absolute atomic E-state index is 0.167. The molecule has 0 aliphatic heterocycles. The number of carbonyl (C=O) groups is 2. The van der Waals surface area contributed by atoms with Gasteiger partial charge in [-0.15, -0.1) is 0 Å². The quantitative estimate of drug-likeness (QED) is 0.793. The maximum absolute atomic E-state index is 10.2. The van der Waals surface area contributed by atoms with E-state index in [0.29, 0.717) is 5.78 Å². The van der Waals surface area contributed by atoms with Crippen molar-refractivity contribution >= 4 is 11.6 Å². The molecule has 0 aliphatic carbocycles. The van der Waals surface area contributed by atoms with E-state index in [4.69, 9.17) is 0 Å². The normalized spacial score (nSPS) is 8.00. The van der Waals surface area contributed by atoms with Crippen LogP contribution < -0.4 is 0 Å². The molecule has 0 unspecified atom stereocenters. The number of hydrogen-bond donors (Lipinski definition) is 0. The van der Waals surface area contributed by atoms with Gasteiger partial charge in [0.2, 0.25) is 0 Å². The monoisotopic (exact) mass is 236 g/mol. The Kier molecular flexibility index (Phi) is 15.4. The molecule has 2 nitrogen and oxygen atoms in total. The van der Waals surface area contributed by atoms with Crippen LogP contribution in [-0.2, 0) is 9.59 Å². The van der Waals surface area contributed by atoms with E-state index in [1.54, 1.807) is 6.92 Å². The second-order valence-electron chi connectivity index (χ2n) is 3.87. The van der Waals surface area contributed by atoms with Gasteiger partial charge in [0.1, 0.15) is 11.6 Å². The first-order valence-electron chi connectivity index (χ1n) is 5.97. The number of rotatable bonds is 3. The average Bonchev–Trinajstić information content (AvgIpc) is 2.29. The number of Topliss-reactive ketones (excluding diaryl/α,β-unsaturated/α-hetero) is 2. The summed E-state index contributed by atoms with van der Waals surface area (Å²) in [6, 6.07) is 12.0. The summed E-state index contributed by atoms with van der Waals surface area (Å²) in [5.41, 5.74) is 0. The Morgan fingerprint density at radius 1 is 0.824 bits per heavy atom. The van der Waals surface area contributed by atoms with Crippen molar-refractivity contribution in [2.24, 2.45) is 0 Å². The Hall–Kier alpha value is -1.44. The van der Waals surface area contributed by atoms with Crippen LogP contribution in [0.15, 0.2) is 36.4 Å². The van der Waals surface area contributed by atoms with Gasteiger partial charge in [-0.05, 0) is 27.2 Å². The molecule has 0 bridgehead atoms. The zero-order valence-electron chi connectivity index (χ0n) is 11.4. The summed E-state index contributed by atoms with van der Waals surface area (Å²) in [5.74, 6) is 0.474. The summed E-state index contributed by atoms with van der Waals surface area (Å²) >= 11 is 0. The van der Waals surface area contributed by atoms with E-state index < -0.39 is 0 Å². The third-order valence-electron chi connectivity index (χ3n) is 1.55. The van der Waals surface area contributed by atoms with Gasteiger partial charge in [-0.3, -0.25) is 0 Å². The predicted molar refractivity (Wildman–Crippen MR) is 73.0 cm³/mol. The van der Waals surface area contributed by atoms with Crippen molar-refractivity contribution in [1.29, 1.82) is 0 Å². The minimum Gasteiger partial charge on any atom is -0.300 e. The van der Waals surface area contributed by atoms with Gasteiger partial charge in [0, 0.05) is 6.42 Å². The lowest BCUT2D eigenvalue weighted by molar-refractivity contribution is -0.117. The maximum atomic E-state index is 10.2. The molecule has 0 spiro atoms. The van der Waals surface area contributed by atoms with Crippen LogP contribution in [0.1, 0.15) is 47.0 Å². The summed E-state index contributed by atoms with van der Waals surface area (Å²) < 4.78 is 0. The Bertz CT molecular complexity index is 248. The fourth-order valence-corrected chi connectivity index (χ4v) is 0.811. The summed E-state index contributed by atoms with van der Waals surface area (Å²) in [5, 5.41) is 0. The van der Waals surface area contributed by atoms with Gasteiger partial charge < -0.3 is 9.59 Å². The van der Waals surface area contributed by atoms with Crippen LogP contribution in [-0.4, -0.2) is 11.6 Å². The highest BCUT2D eigenvalue weighted by Crippen LogP contribution is 1.92. The summed E-state index contributed by atoms with van der Waals surface area (Å²) in [7, 11) is 0. The molecule has 17 heavy (non-hydrogen) atoms. The number of benzene rings is 1. The fraction of sp³-hybridized carbons (Fsp3) is 0.467. The zero-order valence-corrected chi connectivity index (χ0v) is 11.4. The van der Waals surface area contributed by atoms with Gasteiger partial charge in [-0.1, -0.05) is 49.7 Å². The van der Waals surface area contributed by atoms with Crippen molar-refractivity contribution in [2.75, 3.05) is 0 Å². The van der Waals surface area contributed by atoms with Crippen LogP contribution in [0.25, 0.3) is 0 Å². The Labute approximate surface area is 105 Å². The lowest BCUT2D eigenvalue weighted by atomic mass is 10.2. The molecule has 0 amide bonds. The second kappa shape index (κ2) is 14.6. The highest BCUT2D eigenvalue weighted by molar-refractivity contribution is 5.75. The van der Waals surface area contributed by atoms with E-state index in [0.717, 1.165) is 19.3 Å². The van der Waals surface area contributed by atoms with Crippen molar-refractivity contribution in [3.8, 4) is 0 Å². The number of unbranched alkanes of at least 4 members (excludes halogenated alkanes) is 1. The minimum atomic E-state index is 0.167. The lowest BCUT2D eigenvalue weighted by Gasteiger charge is -1.86. The van der Waals surface area contributed by atoms with Gasteiger partial charge in [0.05, 0.1) is 0 Å². The van der Waals surface area contributed by atoms with Crippen LogP contribution in [0.5, 0.6) is 0 Å². The van der Waals surface area contributed by atoms with Crippen molar-refractivity contribution in [3.05, 3.63) is 36.4 Å². The smallest absolute Gasteiger partial charge is 0.129 e. The van der Waals surface area contributed by atoms with Gasteiger partial charge in [-0.2, -0.15) is 0 Å². The van der Waals surface area contributed by atoms with Crippen molar-refractivity contribution in [2.45, 2.75) is 47.0 Å². The van der Waals surface area contributed by atoms with Gasteiger partial charge in [0.15, 0.2) is 0 Å². The highest BCUT2D eigenvalue weighted by atomic mass is 16.1. The van der Waals surface area contributed by atoms with E-state index in [-0.39, 0.29) is 5.78 Å². The Morgan fingerprint density at radius 3 is 1.24 bits per heavy atom. The van der Waals surface area contributed by atoms with Gasteiger partial charge in [0.25, 0.3) is 0 Å². The van der Waals surface area contributed by atoms with Crippen LogP contribution in [0.4, 0.5) is 0 Å². The molecular formula is C15H24O2. The van der Waals surface area contributed by atoms with Crippen LogP contribution >= 0.6 is 0 Å². The standard InChI is InChI=1S/C6H12O.C6H6.C3H6O/c1-3-4-5-6(2)7;1-2-4-6-5-3-1;1-3(2)4/h3-5H2,1-2H3;1-6H;1-2H3. The molecule has 0 atom stereocenters. The predicted octanol–water partition coefficient (Wildman–Crippen LogP) is 4.05. The Balaban J connectivity index is 0. The Morgan fingerprint density at radius 2 is 1.12 bits per heavy atom. The summed E-state index contributed by atoms with van der Waals surface area (Å²) in [6.45, 7) is 6.78. The molecule has 1 aromatic carbocycles. The molecule has 1 aromatic rings. The number of carbonyl (C=O) groups excluding carboxylic acids is 2. The molecule has 96 valence electrons. The molecule has 0 N–H and O–H groups in total. The SMILES string of the molecule is CC(C)=O.CCCCC(C)=O.c1ccccc1. The molecule has 0 fully saturated rings. The van der Waals surface area contributed by atoms with Crippen LogP contribution in [0.2, 0.25) is 0 Å². The van der Waals surface area contributed by atoms with Crippen molar-refractivity contribution < 1.29 is 9.59 Å². The number of hydrogen-bond acceptors (Lipinski definition) is 2. The maximum Gasteiger partial charge on any atom is 0.129 e. The first-order valence-corrected chi connectivity index (χ1v) is 5.97. The first kappa shape index (κ1) is 17.9. The molecule has 0 aromatic heterocycles. The largest absolute Gasteiger partial charge is 0.300 e. The highest BCUT2D eigenvalue weighted by Gasteiger charge is 1.87. The zero-order chi connectivity index (χ0) is 13.5. The molecule has 0 radical (unpaired) electrons. The number of ketones is 2. The lowest BCUT2D eigenvalue weighted by Crippen LogP contribution is -1.86. The van der Waals surface area contributed by atoms with Crippen molar-refractivity contribution in [3.63, 3.8) is 0 Å². The van der Waals surface area contributed by atoms with Crippen LogP contribution in [0, 0.1) is 0 Å². The van der Waals surface area contributed by atoms with E-state index in [2.05, 4.69) is 6.92 Å². The topological polar surface area (TPSA) is 34.1 Å². The molecule has 0 aliphatic rings. The van der Waals surface area contributed by atoms with Crippen molar-refractivity contribution in [1.82, 2.24) is 0 Å². The van der Waals surface area contributed by atoms with E-state index >= 15 is 0 Å². The fourth-order valence-electron chi connectivity index (χ4n) is 0.811. The summed E-state index contributed by atoms with van der Waals surface area (Å²) in [6.07, 6.45) is 2.94. The van der Waals surface area contributed by atoms with E-state index in [1.807, 2.05) is 36.4 Å². The summed E-state index contributed by atoms with van der Waals surface area (Å²) in [4.78, 5) is 19.6. The molecule has 0 saturated carbocycles. The molecule has 2 heteroatoms. The second-order valence-corrected chi connectivity index (χ2v) is 3.87. The molecule has 0 saturated heterocycles. The third-order valence-corrected chi connectivity index (χ3v) is 1.55. The van der Waals surface area contributed by atoms with E-state index in [9.17, 15) is 9.59 Å². The van der Waals surface area contributed by atoms with E-state index in [1.165, 1.54) is 13.8 Å². The molecule has 1 rings (SSSR count). The van der Waals surface area contributed by atoms with Gasteiger partial charge >= 0.3 is 0 Å². The first-order chi connectivity index (χ1) is 8.00. The molecular weight excluding hydrogens is 212 g/mol. The van der Waals surface area contributed by atoms with Gasteiger partial charge in [-0.25, -0.2) is 0 Å².